The topological polar surface area (TPSA) is 37.3 Å². The van der Waals surface area contributed by atoms with Crippen LogP contribution in [0, 0.1) is 17.0 Å². The third kappa shape index (κ3) is 2.53. The van der Waals surface area contributed by atoms with Crippen LogP contribution in [0.25, 0.3) is 0 Å². The van der Waals surface area contributed by atoms with Crippen LogP contribution < -0.4 is 0 Å². The number of hydrogen-bond acceptors (Lipinski definition) is 1. The predicted octanol–water partition coefficient (Wildman–Crippen LogP) is 3.38. The molecule has 2 nitrogen and oxygen atoms in total. The maximum Gasteiger partial charge on any atom is 0.310 e. The minimum Gasteiger partial charge on any atom is -0.481 e. The molecule has 0 bridgehead atoms. The monoisotopic (exact) mass is 288 g/mol. The number of carboxylic acid groups (broad SMARTS) is 1. The first-order valence-corrected chi connectivity index (χ1v) is 6.74. The number of halogens is 2. The Hall–Kier alpha value is -2.23. The van der Waals surface area contributed by atoms with Crippen LogP contribution in [0.5, 0.6) is 0 Å². The molecule has 0 heterocycles. The van der Waals surface area contributed by atoms with Gasteiger partial charge in [0.1, 0.15) is 11.6 Å². The summed E-state index contributed by atoms with van der Waals surface area (Å²) in [6.45, 7) is 0. The van der Waals surface area contributed by atoms with Crippen LogP contribution in [0.2, 0.25) is 0 Å². The van der Waals surface area contributed by atoms with Crippen LogP contribution in [0.4, 0.5) is 8.78 Å². The highest BCUT2D eigenvalue weighted by atomic mass is 19.1. The molecule has 0 aromatic heterocycles. The number of rotatable bonds is 3. The van der Waals surface area contributed by atoms with Crippen molar-refractivity contribution in [3.63, 3.8) is 0 Å². The van der Waals surface area contributed by atoms with Gasteiger partial charge in [-0.1, -0.05) is 24.3 Å². The minimum atomic E-state index is -1.02. The summed E-state index contributed by atoms with van der Waals surface area (Å²) in [5, 5.41) is 9.65. The Balaban J connectivity index is 1.96. The molecular weight excluding hydrogens is 274 g/mol. The van der Waals surface area contributed by atoms with Gasteiger partial charge in [0.15, 0.2) is 0 Å². The highest BCUT2D eigenvalue weighted by Gasteiger charge is 2.44. The van der Waals surface area contributed by atoms with Gasteiger partial charge in [-0.25, -0.2) is 8.78 Å². The Morgan fingerprint density at radius 1 is 1.05 bits per heavy atom. The molecule has 21 heavy (non-hydrogen) atoms. The lowest BCUT2D eigenvalue weighted by Crippen LogP contribution is -2.34. The summed E-state index contributed by atoms with van der Waals surface area (Å²) in [5.41, 5.74) is 1.35. The van der Waals surface area contributed by atoms with Crippen molar-refractivity contribution in [1.82, 2.24) is 0 Å². The Morgan fingerprint density at radius 2 is 1.57 bits per heavy atom. The van der Waals surface area contributed by atoms with Gasteiger partial charge in [-0.3, -0.25) is 4.79 Å². The average molecular weight is 288 g/mol. The second kappa shape index (κ2) is 4.95. The van der Waals surface area contributed by atoms with Gasteiger partial charge in [0.05, 0.1) is 5.41 Å². The molecule has 3 rings (SSSR count). The molecule has 0 saturated heterocycles. The first-order valence-electron chi connectivity index (χ1n) is 6.74. The molecule has 0 atom stereocenters. The van der Waals surface area contributed by atoms with Crippen LogP contribution >= 0.6 is 0 Å². The van der Waals surface area contributed by atoms with Gasteiger partial charge in [-0.2, -0.15) is 0 Å². The first-order chi connectivity index (χ1) is 9.98. The van der Waals surface area contributed by atoms with Gasteiger partial charge in [0, 0.05) is 6.07 Å². The van der Waals surface area contributed by atoms with Gasteiger partial charge in [-0.15, -0.1) is 0 Å². The molecule has 0 fully saturated rings. The molecule has 0 spiro atoms. The maximum atomic E-state index is 13.3. The van der Waals surface area contributed by atoms with E-state index >= 15 is 0 Å². The normalized spacial score (nSPS) is 15.7. The molecule has 0 unspecified atom stereocenters. The van der Waals surface area contributed by atoms with E-state index in [4.69, 9.17) is 0 Å². The van der Waals surface area contributed by atoms with Crippen LogP contribution in [0.15, 0.2) is 42.5 Å². The number of carboxylic acids is 1. The van der Waals surface area contributed by atoms with E-state index < -0.39 is 23.0 Å². The molecule has 4 heteroatoms. The highest BCUT2D eigenvalue weighted by Crippen LogP contribution is 2.40. The molecular formula is C17H14F2O2. The van der Waals surface area contributed by atoms with Crippen molar-refractivity contribution in [2.45, 2.75) is 19.3 Å². The molecule has 1 aliphatic rings. The zero-order valence-electron chi connectivity index (χ0n) is 11.3. The summed E-state index contributed by atoms with van der Waals surface area (Å²) in [6.07, 6.45) is 0.888. The molecule has 108 valence electrons. The van der Waals surface area contributed by atoms with Crippen molar-refractivity contribution < 1.29 is 18.7 Å². The number of carbonyl (C=O) groups is 1. The molecule has 0 aliphatic heterocycles. The molecule has 2 aromatic carbocycles. The Morgan fingerprint density at radius 3 is 2.05 bits per heavy atom. The number of fused-ring (bicyclic) bond motifs is 1. The Bertz CT molecular complexity index is 664. The molecule has 1 aliphatic carbocycles. The van der Waals surface area contributed by atoms with Crippen LogP contribution in [-0.2, 0) is 24.1 Å². The summed E-state index contributed by atoms with van der Waals surface area (Å²) in [6, 6.07) is 10.8. The van der Waals surface area contributed by atoms with E-state index in [2.05, 4.69) is 0 Å². The zero-order valence-corrected chi connectivity index (χ0v) is 11.3. The van der Waals surface area contributed by atoms with Crippen LogP contribution in [0.1, 0.15) is 16.7 Å². The van der Waals surface area contributed by atoms with E-state index in [-0.39, 0.29) is 6.42 Å². The lowest BCUT2D eigenvalue weighted by molar-refractivity contribution is -0.148. The molecule has 0 amide bonds. The van der Waals surface area contributed by atoms with Gasteiger partial charge in [-0.05, 0) is 48.1 Å². The van der Waals surface area contributed by atoms with Crippen molar-refractivity contribution >= 4 is 5.97 Å². The van der Waals surface area contributed by atoms with E-state index in [1.54, 1.807) is 0 Å². The molecule has 1 N–H and O–H groups in total. The summed E-state index contributed by atoms with van der Waals surface area (Å²) < 4.78 is 26.6. The quantitative estimate of drug-likeness (QED) is 0.940. The maximum absolute atomic E-state index is 13.3. The second-order valence-electron chi connectivity index (χ2n) is 5.66. The van der Waals surface area contributed by atoms with Crippen LogP contribution in [0.3, 0.4) is 0 Å². The van der Waals surface area contributed by atoms with Crippen LogP contribution in [-0.4, -0.2) is 11.1 Å². The fraction of sp³-hybridized carbons (Fsp3) is 0.235. The average Bonchev–Trinajstić information content (AvgIpc) is 2.76. The standard InChI is InChI=1S/C17H14F2O2/c18-14-5-11(6-15(19)7-14)8-17(16(20)21)9-12-3-1-2-4-13(12)10-17/h1-7H,8-10H2,(H,20,21). The number of benzene rings is 2. The van der Waals surface area contributed by atoms with E-state index in [9.17, 15) is 18.7 Å². The largest absolute Gasteiger partial charge is 0.481 e. The highest BCUT2D eigenvalue weighted by molar-refractivity contribution is 5.77. The Kier molecular flexibility index (Phi) is 3.24. The van der Waals surface area contributed by atoms with Gasteiger partial charge < -0.3 is 5.11 Å². The number of hydrogen-bond donors (Lipinski definition) is 1. The minimum absolute atomic E-state index is 0.117. The van der Waals surface area contributed by atoms with Crippen molar-refractivity contribution in [1.29, 1.82) is 0 Å². The van der Waals surface area contributed by atoms with Crippen molar-refractivity contribution in [2.75, 3.05) is 0 Å². The molecule has 0 saturated carbocycles. The van der Waals surface area contributed by atoms with E-state index in [1.807, 2.05) is 24.3 Å². The second-order valence-corrected chi connectivity index (χ2v) is 5.66. The first kappa shape index (κ1) is 13.7. The molecule has 0 radical (unpaired) electrons. The summed E-state index contributed by atoms with van der Waals surface area (Å²) in [4.78, 5) is 11.8. The smallest absolute Gasteiger partial charge is 0.310 e. The van der Waals surface area contributed by atoms with Crippen molar-refractivity contribution in [2.24, 2.45) is 5.41 Å². The van der Waals surface area contributed by atoms with Gasteiger partial charge in [0.25, 0.3) is 0 Å². The summed E-state index contributed by atoms with van der Waals surface area (Å²) in [5.74, 6) is -2.29. The fourth-order valence-corrected chi connectivity index (χ4v) is 3.15. The fourth-order valence-electron chi connectivity index (χ4n) is 3.15. The van der Waals surface area contributed by atoms with E-state index in [1.165, 1.54) is 12.1 Å². The Labute approximate surface area is 121 Å². The van der Waals surface area contributed by atoms with Crippen molar-refractivity contribution in [3.05, 3.63) is 70.8 Å². The third-order valence-electron chi connectivity index (χ3n) is 4.09. The summed E-state index contributed by atoms with van der Waals surface area (Å²) >= 11 is 0. The SMILES string of the molecule is O=C(O)C1(Cc2cc(F)cc(F)c2)Cc2ccccc2C1. The van der Waals surface area contributed by atoms with E-state index in [0.29, 0.717) is 18.4 Å². The zero-order chi connectivity index (χ0) is 15.0. The van der Waals surface area contributed by atoms with Gasteiger partial charge in [0.2, 0.25) is 0 Å². The lowest BCUT2D eigenvalue weighted by Gasteiger charge is -2.24. The predicted molar refractivity (Wildman–Crippen MR) is 74.0 cm³/mol. The number of aliphatic carboxylic acids is 1. The third-order valence-corrected chi connectivity index (χ3v) is 4.09. The summed E-state index contributed by atoms with van der Waals surface area (Å²) in [7, 11) is 0. The lowest BCUT2D eigenvalue weighted by atomic mass is 9.79. The van der Waals surface area contributed by atoms with Gasteiger partial charge >= 0.3 is 5.97 Å². The van der Waals surface area contributed by atoms with E-state index in [0.717, 1.165) is 17.2 Å². The molecule has 2 aromatic rings. The van der Waals surface area contributed by atoms with Crippen molar-refractivity contribution in [3.8, 4) is 0 Å².